The maximum absolute atomic E-state index is 13.8. The zero-order chi connectivity index (χ0) is 19.7. The maximum atomic E-state index is 13.8. The standard InChI is InChI=1S/C21H14Cl2FNO2S/c22-14-1-5-18(6-2-14)27-19-7-3-17(4-8-19)25-20(26)12-28-21(25)13-9-15(23)11-16(24)10-13/h1-11,21H,12H2. The first kappa shape index (κ1) is 19.1. The third kappa shape index (κ3) is 4.12. The van der Waals surface area contributed by atoms with Gasteiger partial charge in [-0.3, -0.25) is 9.69 Å². The molecule has 0 saturated carbocycles. The number of carbonyl (C=O) groups excluding carboxylic acids is 1. The highest BCUT2D eigenvalue weighted by Gasteiger charge is 2.34. The number of halogens is 3. The van der Waals surface area contributed by atoms with E-state index in [4.69, 9.17) is 27.9 Å². The number of ether oxygens (including phenoxy) is 1. The second-order valence-electron chi connectivity index (χ2n) is 6.18. The molecule has 7 heteroatoms. The summed E-state index contributed by atoms with van der Waals surface area (Å²) < 4.78 is 19.6. The van der Waals surface area contributed by atoms with E-state index in [9.17, 15) is 9.18 Å². The van der Waals surface area contributed by atoms with Crippen molar-refractivity contribution in [1.82, 2.24) is 0 Å². The first-order chi connectivity index (χ1) is 13.5. The summed E-state index contributed by atoms with van der Waals surface area (Å²) in [6.45, 7) is 0. The smallest absolute Gasteiger partial charge is 0.238 e. The van der Waals surface area contributed by atoms with Crippen molar-refractivity contribution < 1.29 is 13.9 Å². The summed E-state index contributed by atoms with van der Waals surface area (Å²) in [5.41, 5.74) is 1.37. The van der Waals surface area contributed by atoms with Gasteiger partial charge in [-0.05, 0) is 72.3 Å². The Morgan fingerprint density at radius 3 is 2.21 bits per heavy atom. The van der Waals surface area contributed by atoms with E-state index in [0.717, 1.165) is 0 Å². The van der Waals surface area contributed by atoms with E-state index in [1.807, 2.05) is 12.1 Å². The molecule has 1 aliphatic rings. The van der Waals surface area contributed by atoms with E-state index in [0.29, 0.717) is 38.5 Å². The molecule has 4 rings (SSSR count). The molecule has 3 nitrogen and oxygen atoms in total. The van der Waals surface area contributed by atoms with Gasteiger partial charge in [0.2, 0.25) is 5.91 Å². The summed E-state index contributed by atoms with van der Waals surface area (Å²) in [5.74, 6) is 1.16. The van der Waals surface area contributed by atoms with Crippen molar-refractivity contribution in [2.45, 2.75) is 5.37 Å². The molecule has 0 aliphatic carbocycles. The van der Waals surface area contributed by atoms with E-state index in [-0.39, 0.29) is 11.3 Å². The Labute approximate surface area is 176 Å². The molecule has 0 N–H and O–H groups in total. The number of carbonyl (C=O) groups is 1. The molecular formula is C21H14Cl2FNO2S. The molecule has 3 aromatic carbocycles. The molecule has 1 heterocycles. The van der Waals surface area contributed by atoms with Crippen molar-refractivity contribution in [2.75, 3.05) is 10.7 Å². The van der Waals surface area contributed by atoms with Gasteiger partial charge in [0.15, 0.2) is 0 Å². The average molecular weight is 434 g/mol. The SMILES string of the molecule is O=C1CSC(c2cc(F)cc(Cl)c2)N1c1ccc(Oc2ccc(Cl)cc2)cc1. The van der Waals surface area contributed by atoms with Crippen molar-refractivity contribution in [3.63, 3.8) is 0 Å². The Hall–Kier alpha value is -2.21. The van der Waals surface area contributed by atoms with Gasteiger partial charge in [-0.1, -0.05) is 23.2 Å². The van der Waals surface area contributed by atoms with Gasteiger partial charge < -0.3 is 4.74 Å². The maximum Gasteiger partial charge on any atom is 0.238 e. The molecule has 0 bridgehead atoms. The normalized spacial score (nSPS) is 16.5. The van der Waals surface area contributed by atoms with Gasteiger partial charge in [0.05, 0.1) is 5.75 Å². The first-order valence-electron chi connectivity index (χ1n) is 8.43. The highest BCUT2D eigenvalue weighted by molar-refractivity contribution is 8.00. The predicted molar refractivity (Wildman–Crippen MR) is 112 cm³/mol. The average Bonchev–Trinajstić information content (AvgIpc) is 3.05. The molecular weight excluding hydrogens is 420 g/mol. The van der Waals surface area contributed by atoms with Gasteiger partial charge in [0, 0.05) is 15.7 Å². The fraction of sp³-hybridized carbons (Fsp3) is 0.0952. The summed E-state index contributed by atoms with van der Waals surface area (Å²) in [5, 5.41) is 0.613. The number of nitrogens with zero attached hydrogens (tertiary/aromatic N) is 1. The number of amides is 1. The molecule has 1 aliphatic heterocycles. The summed E-state index contributed by atoms with van der Waals surface area (Å²) in [4.78, 5) is 14.1. The summed E-state index contributed by atoms with van der Waals surface area (Å²) >= 11 is 13.3. The van der Waals surface area contributed by atoms with Gasteiger partial charge >= 0.3 is 0 Å². The van der Waals surface area contributed by atoms with Crippen molar-refractivity contribution in [3.05, 3.63) is 88.2 Å². The quantitative estimate of drug-likeness (QED) is 0.458. The monoisotopic (exact) mass is 433 g/mol. The third-order valence-corrected chi connectivity index (χ3v) is 5.88. The summed E-state index contributed by atoms with van der Waals surface area (Å²) in [7, 11) is 0. The molecule has 1 saturated heterocycles. The lowest BCUT2D eigenvalue weighted by atomic mass is 10.1. The molecule has 1 amide bonds. The Morgan fingerprint density at radius 2 is 1.57 bits per heavy atom. The van der Waals surface area contributed by atoms with Crippen LogP contribution in [0, 0.1) is 5.82 Å². The van der Waals surface area contributed by atoms with Crippen molar-refractivity contribution in [2.24, 2.45) is 0 Å². The molecule has 0 radical (unpaired) electrons. The molecule has 142 valence electrons. The van der Waals surface area contributed by atoms with Crippen LogP contribution in [0.3, 0.4) is 0 Å². The van der Waals surface area contributed by atoms with Crippen LogP contribution in [0.4, 0.5) is 10.1 Å². The molecule has 1 fully saturated rings. The van der Waals surface area contributed by atoms with Crippen molar-refractivity contribution in [1.29, 1.82) is 0 Å². The topological polar surface area (TPSA) is 29.5 Å². The van der Waals surface area contributed by atoms with Gasteiger partial charge in [-0.25, -0.2) is 4.39 Å². The molecule has 0 aromatic heterocycles. The number of benzene rings is 3. The summed E-state index contributed by atoms with van der Waals surface area (Å²) in [6.07, 6.45) is 0. The van der Waals surface area contributed by atoms with Gasteiger partial charge in [0.1, 0.15) is 22.7 Å². The minimum Gasteiger partial charge on any atom is -0.457 e. The van der Waals surface area contributed by atoms with E-state index in [1.165, 1.54) is 23.9 Å². The summed E-state index contributed by atoms with van der Waals surface area (Å²) in [6, 6.07) is 18.6. The molecule has 1 unspecified atom stereocenters. The molecule has 3 aromatic rings. The Balaban J connectivity index is 1.57. The minimum absolute atomic E-state index is 0.0400. The lowest BCUT2D eigenvalue weighted by Gasteiger charge is -2.24. The van der Waals surface area contributed by atoms with Crippen LogP contribution in [0.1, 0.15) is 10.9 Å². The number of anilines is 1. The fourth-order valence-corrected chi connectivity index (χ4v) is 4.49. The van der Waals surface area contributed by atoms with Crippen molar-refractivity contribution in [3.8, 4) is 11.5 Å². The zero-order valence-electron chi connectivity index (χ0n) is 14.4. The van der Waals surface area contributed by atoms with Crippen LogP contribution in [0.5, 0.6) is 11.5 Å². The third-order valence-electron chi connectivity index (χ3n) is 4.20. The highest BCUT2D eigenvalue weighted by atomic mass is 35.5. The largest absolute Gasteiger partial charge is 0.457 e. The Kier molecular flexibility index (Phi) is 5.49. The number of hydrogen-bond donors (Lipinski definition) is 0. The lowest BCUT2D eigenvalue weighted by molar-refractivity contribution is -0.115. The number of thioether (sulfide) groups is 1. The Bertz CT molecular complexity index is 992. The number of hydrogen-bond acceptors (Lipinski definition) is 3. The fourth-order valence-electron chi connectivity index (χ4n) is 2.98. The minimum atomic E-state index is -0.422. The van der Waals surface area contributed by atoms with Crippen LogP contribution in [-0.2, 0) is 4.79 Å². The lowest BCUT2D eigenvalue weighted by Crippen LogP contribution is -2.27. The van der Waals surface area contributed by atoms with E-state index >= 15 is 0 Å². The van der Waals surface area contributed by atoms with Gasteiger partial charge in [-0.15, -0.1) is 11.8 Å². The van der Waals surface area contributed by atoms with E-state index in [2.05, 4.69) is 0 Å². The van der Waals surface area contributed by atoms with E-state index < -0.39 is 5.82 Å². The van der Waals surface area contributed by atoms with Crippen LogP contribution < -0.4 is 9.64 Å². The van der Waals surface area contributed by atoms with Crippen LogP contribution in [0.25, 0.3) is 0 Å². The molecule has 0 spiro atoms. The van der Waals surface area contributed by atoms with Gasteiger partial charge in [-0.2, -0.15) is 0 Å². The molecule has 1 atom stereocenters. The van der Waals surface area contributed by atoms with Crippen LogP contribution >= 0.6 is 35.0 Å². The highest BCUT2D eigenvalue weighted by Crippen LogP contribution is 2.43. The van der Waals surface area contributed by atoms with Crippen LogP contribution in [0.2, 0.25) is 10.0 Å². The second-order valence-corrected chi connectivity index (χ2v) is 8.12. The van der Waals surface area contributed by atoms with Crippen LogP contribution in [0.15, 0.2) is 66.7 Å². The second kappa shape index (κ2) is 8.03. The Morgan fingerprint density at radius 1 is 0.929 bits per heavy atom. The number of rotatable bonds is 4. The zero-order valence-corrected chi connectivity index (χ0v) is 16.8. The first-order valence-corrected chi connectivity index (χ1v) is 10.2. The van der Waals surface area contributed by atoms with E-state index in [1.54, 1.807) is 47.4 Å². The predicted octanol–water partition coefficient (Wildman–Crippen LogP) is 6.70. The molecule has 28 heavy (non-hydrogen) atoms. The van der Waals surface area contributed by atoms with Gasteiger partial charge in [0.25, 0.3) is 0 Å². The van der Waals surface area contributed by atoms with Crippen LogP contribution in [-0.4, -0.2) is 11.7 Å². The van der Waals surface area contributed by atoms with Crippen molar-refractivity contribution >= 4 is 46.6 Å².